The van der Waals surface area contributed by atoms with Gasteiger partial charge in [0.25, 0.3) is 0 Å². The largest absolute Gasteiger partial charge is 0.349 e. The molecule has 2 N–H and O–H groups in total. The number of nitrogens with one attached hydrogen (secondary N) is 2. The first kappa shape index (κ1) is 15.4. The van der Waals surface area contributed by atoms with Crippen molar-refractivity contribution in [3.63, 3.8) is 0 Å². The van der Waals surface area contributed by atoms with E-state index in [1.165, 1.54) is 0 Å². The van der Waals surface area contributed by atoms with E-state index in [-0.39, 0.29) is 17.7 Å². The van der Waals surface area contributed by atoms with E-state index in [4.69, 9.17) is 12.2 Å². The molecule has 0 saturated heterocycles. The predicted octanol–water partition coefficient (Wildman–Crippen LogP) is 1.54. The SMILES string of the molecule is CN(C)C(=O)Cc1ccc(NC(=S)NC(=O)C2CC2)cc1. The fourth-order valence-electron chi connectivity index (χ4n) is 1.76. The molecule has 0 spiro atoms. The van der Waals surface area contributed by atoms with Gasteiger partial charge in [-0.1, -0.05) is 12.1 Å². The van der Waals surface area contributed by atoms with Crippen molar-refractivity contribution < 1.29 is 9.59 Å². The normalized spacial score (nSPS) is 13.4. The Bertz CT molecular complexity index is 551. The van der Waals surface area contributed by atoms with Crippen molar-refractivity contribution >= 4 is 34.8 Å². The Morgan fingerprint density at radius 2 is 1.86 bits per heavy atom. The van der Waals surface area contributed by atoms with E-state index in [0.29, 0.717) is 11.5 Å². The van der Waals surface area contributed by atoms with Crippen LogP contribution in [0.5, 0.6) is 0 Å². The van der Waals surface area contributed by atoms with E-state index in [2.05, 4.69) is 10.6 Å². The highest BCUT2D eigenvalue weighted by Crippen LogP contribution is 2.28. The molecule has 0 atom stereocenters. The van der Waals surface area contributed by atoms with Gasteiger partial charge in [-0.3, -0.25) is 9.59 Å². The molecule has 1 aliphatic rings. The van der Waals surface area contributed by atoms with Crippen molar-refractivity contribution in [1.29, 1.82) is 0 Å². The Morgan fingerprint density at radius 3 is 2.38 bits per heavy atom. The maximum Gasteiger partial charge on any atom is 0.229 e. The molecule has 1 aromatic carbocycles. The molecular weight excluding hydrogens is 286 g/mol. The number of carbonyl (C=O) groups excluding carboxylic acids is 2. The second-order valence-corrected chi connectivity index (χ2v) is 5.79. The number of hydrogen-bond acceptors (Lipinski definition) is 3. The summed E-state index contributed by atoms with van der Waals surface area (Å²) in [5.41, 5.74) is 1.73. The molecule has 112 valence electrons. The lowest BCUT2D eigenvalue weighted by molar-refractivity contribution is -0.128. The Hall–Kier alpha value is -1.95. The van der Waals surface area contributed by atoms with Crippen LogP contribution in [0.1, 0.15) is 18.4 Å². The van der Waals surface area contributed by atoms with Crippen molar-refractivity contribution in [2.75, 3.05) is 19.4 Å². The predicted molar refractivity (Wildman–Crippen MR) is 85.9 cm³/mol. The summed E-state index contributed by atoms with van der Waals surface area (Å²) in [5, 5.41) is 5.94. The van der Waals surface area contributed by atoms with Crippen LogP contribution in [0, 0.1) is 5.92 Å². The summed E-state index contributed by atoms with van der Waals surface area (Å²) >= 11 is 5.09. The third kappa shape index (κ3) is 4.82. The monoisotopic (exact) mass is 305 g/mol. The zero-order chi connectivity index (χ0) is 15.4. The van der Waals surface area contributed by atoms with E-state index in [0.717, 1.165) is 24.1 Å². The number of rotatable bonds is 4. The quantitative estimate of drug-likeness (QED) is 0.829. The Kier molecular flexibility index (Phi) is 4.90. The summed E-state index contributed by atoms with van der Waals surface area (Å²) in [5.74, 6) is 0.174. The molecule has 0 bridgehead atoms. The Balaban J connectivity index is 1.85. The van der Waals surface area contributed by atoms with Crippen molar-refractivity contribution in [1.82, 2.24) is 10.2 Å². The Morgan fingerprint density at radius 1 is 1.24 bits per heavy atom. The number of carbonyl (C=O) groups is 2. The minimum Gasteiger partial charge on any atom is -0.349 e. The lowest BCUT2D eigenvalue weighted by atomic mass is 10.1. The Labute approximate surface area is 129 Å². The first-order chi connectivity index (χ1) is 9.95. The van der Waals surface area contributed by atoms with E-state index in [1.807, 2.05) is 24.3 Å². The summed E-state index contributed by atoms with van der Waals surface area (Å²) in [6.07, 6.45) is 2.27. The van der Waals surface area contributed by atoms with E-state index < -0.39 is 0 Å². The third-order valence-corrected chi connectivity index (χ3v) is 3.45. The summed E-state index contributed by atoms with van der Waals surface area (Å²) in [7, 11) is 3.47. The first-order valence-electron chi connectivity index (χ1n) is 6.86. The van der Waals surface area contributed by atoms with Gasteiger partial charge in [0.05, 0.1) is 6.42 Å². The van der Waals surface area contributed by atoms with Crippen LogP contribution in [0.3, 0.4) is 0 Å². The lowest BCUT2D eigenvalue weighted by Gasteiger charge is -2.11. The minimum absolute atomic E-state index is 0.0132. The highest BCUT2D eigenvalue weighted by Gasteiger charge is 2.29. The van der Waals surface area contributed by atoms with Crippen LogP contribution in [-0.2, 0) is 16.0 Å². The standard InChI is InChI=1S/C15H19N3O2S/c1-18(2)13(19)9-10-3-7-12(8-4-10)16-15(21)17-14(20)11-5-6-11/h3-4,7-8,11H,5-6,9H2,1-2H3,(H2,16,17,20,21). The maximum atomic E-state index is 11.6. The average molecular weight is 305 g/mol. The van der Waals surface area contributed by atoms with Crippen molar-refractivity contribution in [2.24, 2.45) is 5.92 Å². The van der Waals surface area contributed by atoms with Crippen LogP contribution >= 0.6 is 12.2 Å². The molecule has 1 saturated carbocycles. The summed E-state index contributed by atoms with van der Waals surface area (Å²) in [6.45, 7) is 0. The van der Waals surface area contributed by atoms with Crippen molar-refractivity contribution in [3.8, 4) is 0 Å². The molecule has 0 unspecified atom stereocenters. The highest BCUT2D eigenvalue weighted by atomic mass is 32.1. The molecular formula is C15H19N3O2S. The van der Waals surface area contributed by atoms with Gasteiger partial charge in [0.15, 0.2) is 5.11 Å². The number of likely N-dealkylation sites (N-methyl/N-ethyl adjacent to an activating group) is 1. The number of amides is 2. The number of hydrogen-bond donors (Lipinski definition) is 2. The molecule has 6 heteroatoms. The van der Waals surface area contributed by atoms with Crippen molar-refractivity contribution in [3.05, 3.63) is 29.8 Å². The first-order valence-corrected chi connectivity index (χ1v) is 7.27. The average Bonchev–Trinajstić information content (AvgIpc) is 3.25. The van der Waals surface area contributed by atoms with Crippen LogP contribution in [-0.4, -0.2) is 35.9 Å². The van der Waals surface area contributed by atoms with Crippen LogP contribution < -0.4 is 10.6 Å². The zero-order valence-electron chi connectivity index (χ0n) is 12.2. The van der Waals surface area contributed by atoms with Gasteiger partial charge in [-0.25, -0.2) is 0 Å². The van der Waals surface area contributed by atoms with Gasteiger partial charge in [-0.05, 0) is 42.8 Å². The molecule has 1 aliphatic carbocycles. The molecule has 2 rings (SSSR count). The zero-order valence-corrected chi connectivity index (χ0v) is 13.0. The number of thiocarbonyl (C=S) groups is 1. The summed E-state index contributed by atoms with van der Waals surface area (Å²) < 4.78 is 0. The molecule has 1 aromatic rings. The molecule has 21 heavy (non-hydrogen) atoms. The maximum absolute atomic E-state index is 11.6. The van der Waals surface area contributed by atoms with Crippen molar-refractivity contribution in [2.45, 2.75) is 19.3 Å². The fraction of sp³-hybridized carbons (Fsp3) is 0.400. The molecule has 1 fully saturated rings. The van der Waals surface area contributed by atoms with Gasteiger partial charge in [-0.15, -0.1) is 0 Å². The van der Waals surface area contributed by atoms with E-state index >= 15 is 0 Å². The molecule has 2 amide bonds. The smallest absolute Gasteiger partial charge is 0.229 e. The fourth-order valence-corrected chi connectivity index (χ4v) is 1.98. The minimum atomic E-state index is -0.0132. The molecule has 0 radical (unpaired) electrons. The third-order valence-electron chi connectivity index (χ3n) is 3.25. The number of benzene rings is 1. The molecule has 0 aromatic heterocycles. The lowest BCUT2D eigenvalue weighted by Crippen LogP contribution is -2.35. The van der Waals surface area contributed by atoms with Gasteiger partial charge < -0.3 is 15.5 Å². The van der Waals surface area contributed by atoms with E-state index in [1.54, 1.807) is 19.0 Å². The molecule has 5 nitrogen and oxygen atoms in total. The van der Waals surface area contributed by atoms with Gasteiger partial charge in [0, 0.05) is 25.7 Å². The van der Waals surface area contributed by atoms with Crippen LogP contribution in [0.4, 0.5) is 5.69 Å². The van der Waals surface area contributed by atoms with Gasteiger partial charge in [0.2, 0.25) is 11.8 Å². The van der Waals surface area contributed by atoms with Gasteiger partial charge in [-0.2, -0.15) is 0 Å². The number of anilines is 1. The van der Waals surface area contributed by atoms with E-state index in [9.17, 15) is 9.59 Å². The summed E-state index contributed by atoms with van der Waals surface area (Å²) in [6, 6.07) is 7.42. The molecule has 0 aliphatic heterocycles. The van der Waals surface area contributed by atoms with Gasteiger partial charge in [0.1, 0.15) is 0 Å². The number of nitrogens with zero attached hydrogens (tertiary/aromatic N) is 1. The highest BCUT2D eigenvalue weighted by molar-refractivity contribution is 7.80. The van der Waals surface area contributed by atoms with Crippen LogP contribution in [0.15, 0.2) is 24.3 Å². The van der Waals surface area contributed by atoms with Crippen LogP contribution in [0.2, 0.25) is 0 Å². The second kappa shape index (κ2) is 6.67. The second-order valence-electron chi connectivity index (χ2n) is 5.38. The topological polar surface area (TPSA) is 61.4 Å². The summed E-state index contributed by atoms with van der Waals surface area (Å²) in [4.78, 5) is 24.7. The molecule has 0 heterocycles. The van der Waals surface area contributed by atoms with Gasteiger partial charge >= 0.3 is 0 Å². The van der Waals surface area contributed by atoms with Crippen LogP contribution in [0.25, 0.3) is 0 Å².